The van der Waals surface area contributed by atoms with E-state index in [1.165, 1.54) is 25.7 Å². The zero-order valence-corrected chi connectivity index (χ0v) is 16.0. The molecule has 2 heteroatoms. The predicted molar refractivity (Wildman–Crippen MR) is 95.0 cm³/mol. The SMILES string of the molecule is CC(C)(C)N[Si](C)(C)C1C2CCCCC2C2CCCCC21. The van der Waals surface area contributed by atoms with Crippen molar-refractivity contribution in [2.24, 2.45) is 23.7 Å². The number of rotatable bonds is 2. The van der Waals surface area contributed by atoms with Crippen molar-refractivity contribution in [3.63, 3.8) is 0 Å². The van der Waals surface area contributed by atoms with E-state index in [-0.39, 0.29) is 5.54 Å². The lowest BCUT2D eigenvalue weighted by atomic mass is 9.73. The monoisotopic (exact) mass is 307 g/mol. The predicted octanol–water partition coefficient (Wildman–Crippen LogP) is 5.58. The van der Waals surface area contributed by atoms with Crippen molar-refractivity contribution < 1.29 is 0 Å². The molecule has 1 N–H and O–H groups in total. The molecule has 0 aromatic rings. The van der Waals surface area contributed by atoms with Gasteiger partial charge in [0.25, 0.3) is 0 Å². The van der Waals surface area contributed by atoms with Crippen LogP contribution in [0.25, 0.3) is 0 Å². The average Bonchev–Trinajstić information content (AvgIpc) is 2.71. The zero-order valence-electron chi connectivity index (χ0n) is 15.0. The van der Waals surface area contributed by atoms with Gasteiger partial charge in [0.2, 0.25) is 0 Å². The molecule has 0 aromatic heterocycles. The summed E-state index contributed by atoms with van der Waals surface area (Å²) >= 11 is 0. The van der Waals surface area contributed by atoms with Crippen LogP contribution < -0.4 is 4.98 Å². The number of hydrogen-bond donors (Lipinski definition) is 1. The Morgan fingerprint density at radius 1 is 0.714 bits per heavy atom. The molecule has 0 amide bonds. The highest BCUT2D eigenvalue weighted by atomic mass is 28.3. The third-order valence-corrected chi connectivity index (χ3v) is 10.7. The second-order valence-electron chi connectivity index (χ2n) is 9.85. The van der Waals surface area contributed by atoms with Gasteiger partial charge in [-0.3, -0.25) is 0 Å². The standard InChI is InChI=1S/C19H37NSi/c1-19(2,3)20-21(4,5)18-16-12-8-6-10-14(16)15-11-7-9-13-17(15)18/h14-18,20H,6-13H2,1-5H3. The minimum Gasteiger partial charge on any atom is -0.332 e. The second kappa shape index (κ2) is 5.67. The molecule has 0 heterocycles. The lowest BCUT2D eigenvalue weighted by Crippen LogP contribution is -2.59. The van der Waals surface area contributed by atoms with Gasteiger partial charge in [0.05, 0.1) is 0 Å². The van der Waals surface area contributed by atoms with Gasteiger partial charge < -0.3 is 4.98 Å². The molecule has 3 aliphatic carbocycles. The maximum atomic E-state index is 4.14. The molecule has 0 radical (unpaired) electrons. The zero-order chi connectivity index (χ0) is 15.3. The smallest absolute Gasteiger partial charge is 0.123 e. The van der Waals surface area contributed by atoms with Crippen molar-refractivity contribution in [1.82, 2.24) is 4.98 Å². The van der Waals surface area contributed by atoms with Crippen molar-refractivity contribution in [1.29, 1.82) is 0 Å². The van der Waals surface area contributed by atoms with Gasteiger partial charge in [-0.05, 0) is 62.8 Å². The summed E-state index contributed by atoms with van der Waals surface area (Å²) in [4.78, 5) is 4.14. The first-order valence-corrected chi connectivity index (χ1v) is 12.7. The van der Waals surface area contributed by atoms with Crippen LogP contribution in [0.5, 0.6) is 0 Å². The Kier molecular flexibility index (Phi) is 4.33. The Bertz CT molecular complexity index is 348. The Labute approximate surface area is 133 Å². The normalized spacial score (nSPS) is 40.7. The quantitative estimate of drug-likeness (QED) is 0.657. The van der Waals surface area contributed by atoms with Gasteiger partial charge in [-0.1, -0.05) is 51.6 Å². The topological polar surface area (TPSA) is 12.0 Å². The van der Waals surface area contributed by atoms with Gasteiger partial charge in [-0.2, -0.15) is 0 Å². The summed E-state index contributed by atoms with van der Waals surface area (Å²) in [5, 5.41) is 0. The lowest BCUT2D eigenvalue weighted by Gasteiger charge is -2.44. The first-order valence-electron chi connectivity index (χ1n) is 9.59. The van der Waals surface area contributed by atoms with Crippen LogP contribution in [0.1, 0.15) is 72.1 Å². The molecule has 0 bridgehead atoms. The summed E-state index contributed by atoms with van der Waals surface area (Å²) in [6.07, 6.45) is 12.3. The van der Waals surface area contributed by atoms with Crippen molar-refractivity contribution in [3.8, 4) is 0 Å². The van der Waals surface area contributed by atoms with E-state index in [0.29, 0.717) is 0 Å². The fourth-order valence-corrected chi connectivity index (χ4v) is 11.8. The molecule has 0 saturated heterocycles. The van der Waals surface area contributed by atoms with Crippen LogP contribution in [-0.4, -0.2) is 13.8 Å². The fraction of sp³-hybridized carbons (Fsp3) is 1.00. The highest BCUT2D eigenvalue weighted by molar-refractivity contribution is 6.76. The number of hydrogen-bond acceptors (Lipinski definition) is 1. The Hall–Kier alpha value is 0.177. The molecule has 3 rings (SSSR count). The minimum absolute atomic E-state index is 0.284. The van der Waals surface area contributed by atoms with Gasteiger partial charge in [0, 0.05) is 5.54 Å². The van der Waals surface area contributed by atoms with Crippen molar-refractivity contribution >= 4 is 8.24 Å². The largest absolute Gasteiger partial charge is 0.332 e. The maximum absolute atomic E-state index is 4.14. The fourth-order valence-electron chi connectivity index (χ4n) is 6.77. The van der Waals surface area contributed by atoms with Gasteiger partial charge in [-0.15, -0.1) is 0 Å². The molecular weight excluding hydrogens is 270 g/mol. The summed E-state index contributed by atoms with van der Waals surface area (Å²) in [5.41, 5.74) is 1.33. The number of fused-ring (bicyclic) bond motifs is 3. The molecule has 1 nitrogen and oxygen atoms in total. The molecular formula is C19H37NSi. The van der Waals surface area contributed by atoms with Crippen molar-refractivity contribution in [2.45, 2.75) is 96.3 Å². The number of nitrogens with one attached hydrogen (secondary N) is 1. The van der Waals surface area contributed by atoms with E-state index < -0.39 is 8.24 Å². The van der Waals surface area contributed by atoms with E-state index in [1.807, 2.05) is 0 Å². The maximum Gasteiger partial charge on any atom is 0.123 e. The Morgan fingerprint density at radius 2 is 1.10 bits per heavy atom. The minimum atomic E-state index is -1.37. The highest BCUT2D eigenvalue weighted by Crippen LogP contribution is 2.62. The molecule has 21 heavy (non-hydrogen) atoms. The van der Waals surface area contributed by atoms with Crippen LogP contribution in [0.3, 0.4) is 0 Å². The van der Waals surface area contributed by atoms with Gasteiger partial charge >= 0.3 is 0 Å². The van der Waals surface area contributed by atoms with Crippen LogP contribution in [0, 0.1) is 23.7 Å². The van der Waals surface area contributed by atoms with Crippen LogP contribution in [0.2, 0.25) is 18.6 Å². The second-order valence-corrected chi connectivity index (χ2v) is 14.2. The van der Waals surface area contributed by atoms with Gasteiger partial charge in [0.1, 0.15) is 8.24 Å². The van der Waals surface area contributed by atoms with Crippen LogP contribution >= 0.6 is 0 Å². The Morgan fingerprint density at radius 3 is 1.48 bits per heavy atom. The third kappa shape index (κ3) is 3.13. The Balaban J connectivity index is 1.87. The summed E-state index contributed by atoms with van der Waals surface area (Å²) in [6.45, 7) is 12.4. The van der Waals surface area contributed by atoms with Crippen LogP contribution in [0.4, 0.5) is 0 Å². The summed E-state index contributed by atoms with van der Waals surface area (Å²) in [6, 6.07) is 0. The van der Waals surface area contributed by atoms with Crippen molar-refractivity contribution in [2.75, 3.05) is 0 Å². The lowest BCUT2D eigenvalue weighted by molar-refractivity contribution is 0.184. The van der Waals surface area contributed by atoms with E-state index >= 15 is 0 Å². The van der Waals surface area contributed by atoms with E-state index in [4.69, 9.17) is 0 Å². The van der Waals surface area contributed by atoms with E-state index in [1.54, 1.807) is 25.7 Å². The molecule has 0 aromatic carbocycles. The van der Waals surface area contributed by atoms with Crippen molar-refractivity contribution in [3.05, 3.63) is 0 Å². The summed E-state index contributed by atoms with van der Waals surface area (Å²) < 4.78 is 0. The molecule has 0 spiro atoms. The summed E-state index contributed by atoms with van der Waals surface area (Å²) in [7, 11) is -1.37. The van der Waals surface area contributed by atoms with E-state index in [9.17, 15) is 0 Å². The molecule has 3 saturated carbocycles. The van der Waals surface area contributed by atoms with Gasteiger partial charge in [0.15, 0.2) is 0 Å². The highest BCUT2D eigenvalue weighted by Gasteiger charge is 2.56. The van der Waals surface area contributed by atoms with E-state index in [0.717, 1.165) is 29.2 Å². The van der Waals surface area contributed by atoms with Crippen LogP contribution in [-0.2, 0) is 0 Å². The first-order chi connectivity index (χ1) is 9.80. The average molecular weight is 308 g/mol. The first kappa shape index (κ1) is 16.0. The molecule has 3 fully saturated rings. The molecule has 3 aliphatic rings. The molecule has 4 atom stereocenters. The molecule has 4 unspecified atom stereocenters. The summed E-state index contributed by atoms with van der Waals surface area (Å²) in [5.74, 6) is 4.34. The van der Waals surface area contributed by atoms with Crippen LogP contribution in [0.15, 0.2) is 0 Å². The molecule has 0 aliphatic heterocycles. The van der Waals surface area contributed by atoms with Gasteiger partial charge in [-0.25, -0.2) is 0 Å². The third-order valence-electron chi connectivity index (χ3n) is 6.75. The molecule has 122 valence electrons. The van der Waals surface area contributed by atoms with E-state index in [2.05, 4.69) is 38.8 Å².